The summed E-state index contributed by atoms with van der Waals surface area (Å²) in [4.78, 5) is 11.2. The molecule has 1 aromatic rings. The first-order valence-electron chi connectivity index (χ1n) is 7.96. The predicted octanol–water partition coefficient (Wildman–Crippen LogP) is 1.60. The van der Waals surface area contributed by atoms with E-state index in [0.717, 1.165) is 70.4 Å². The predicted molar refractivity (Wildman–Crippen MR) is 85.9 cm³/mol. The summed E-state index contributed by atoms with van der Waals surface area (Å²) < 4.78 is 5.37. The monoisotopic (exact) mass is 293 g/mol. The lowest BCUT2D eigenvalue weighted by Gasteiger charge is -2.26. The Morgan fingerprint density at radius 1 is 1.14 bits per heavy atom. The second kappa shape index (κ2) is 8.79. The van der Waals surface area contributed by atoms with Crippen molar-refractivity contribution in [3.05, 3.63) is 11.9 Å². The van der Waals surface area contributed by atoms with Crippen molar-refractivity contribution in [2.45, 2.75) is 26.7 Å². The fourth-order valence-corrected chi connectivity index (χ4v) is 2.53. The van der Waals surface area contributed by atoms with Crippen LogP contribution in [0.15, 0.2) is 6.33 Å². The minimum atomic E-state index is 0.846. The lowest BCUT2D eigenvalue weighted by molar-refractivity contribution is 0.0398. The van der Waals surface area contributed by atoms with Crippen molar-refractivity contribution in [1.82, 2.24) is 14.9 Å². The van der Waals surface area contributed by atoms with Crippen LogP contribution in [0.25, 0.3) is 0 Å². The Morgan fingerprint density at radius 3 is 2.52 bits per heavy atom. The highest BCUT2D eigenvalue weighted by Crippen LogP contribution is 2.21. The highest BCUT2D eigenvalue weighted by molar-refractivity contribution is 5.57. The number of hydrogen-bond donors (Lipinski definition) is 2. The molecular formula is C15H27N5O. The molecule has 0 spiro atoms. The number of nitrogens with zero attached hydrogens (tertiary/aromatic N) is 3. The molecule has 21 heavy (non-hydrogen) atoms. The SMILES string of the molecule is CCCc1c(NCC)ncnc1NCCN1CCOCC1. The molecule has 1 aliphatic rings. The standard InChI is InChI=1S/C15H27N5O/c1-3-5-13-14(16-4-2)18-12-19-15(13)17-6-7-20-8-10-21-11-9-20/h12H,3-11H2,1-2H3,(H2,16,17,18,19). The molecule has 118 valence electrons. The van der Waals surface area contributed by atoms with E-state index in [1.807, 2.05) is 0 Å². The first-order chi connectivity index (χ1) is 10.3. The summed E-state index contributed by atoms with van der Waals surface area (Å²) in [5.41, 5.74) is 1.20. The van der Waals surface area contributed by atoms with Gasteiger partial charge in [-0.1, -0.05) is 13.3 Å². The summed E-state index contributed by atoms with van der Waals surface area (Å²) in [6, 6.07) is 0. The molecule has 0 bridgehead atoms. The molecule has 2 rings (SSSR count). The van der Waals surface area contributed by atoms with Crippen molar-refractivity contribution < 1.29 is 4.74 Å². The zero-order valence-electron chi connectivity index (χ0n) is 13.2. The van der Waals surface area contributed by atoms with Gasteiger partial charge in [0.25, 0.3) is 0 Å². The molecule has 2 heterocycles. The van der Waals surface area contributed by atoms with Crippen LogP contribution in [0.5, 0.6) is 0 Å². The Labute approximate surface area is 127 Å². The van der Waals surface area contributed by atoms with Gasteiger partial charge in [0.1, 0.15) is 18.0 Å². The van der Waals surface area contributed by atoms with Crippen molar-refractivity contribution in [2.75, 3.05) is 56.6 Å². The van der Waals surface area contributed by atoms with E-state index in [0.29, 0.717) is 0 Å². The Kier molecular flexibility index (Phi) is 6.69. The second-order valence-corrected chi connectivity index (χ2v) is 5.21. The van der Waals surface area contributed by atoms with Crippen molar-refractivity contribution >= 4 is 11.6 Å². The number of anilines is 2. The molecular weight excluding hydrogens is 266 g/mol. The molecule has 6 nitrogen and oxygen atoms in total. The van der Waals surface area contributed by atoms with Gasteiger partial charge in [-0.2, -0.15) is 0 Å². The van der Waals surface area contributed by atoms with E-state index in [4.69, 9.17) is 4.74 Å². The molecule has 6 heteroatoms. The minimum Gasteiger partial charge on any atom is -0.379 e. The van der Waals surface area contributed by atoms with Crippen LogP contribution < -0.4 is 10.6 Å². The molecule has 0 unspecified atom stereocenters. The summed E-state index contributed by atoms with van der Waals surface area (Å²) in [6.07, 6.45) is 3.71. The number of aromatic nitrogens is 2. The molecule has 0 aromatic carbocycles. The maximum absolute atomic E-state index is 5.37. The first-order valence-corrected chi connectivity index (χ1v) is 7.96. The molecule has 0 amide bonds. The maximum atomic E-state index is 5.37. The number of morpholine rings is 1. The van der Waals surface area contributed by atoms with E-state index in [2.05, 4.69) is 39.3 Å². The summed E-state index contributed by atoms with van der Waals surface area (Å²) in [6.45, 7) is 10.8. The zero-order chi connectivity index (χ0) is 14.9. The molecule has 0 saturated carbocycles. The van der Waals surface area contributed by atoms with Crippen LogP contribution in [0.4, 0.5) is 11.6 Å². The molecule has 1 aliphatic heterocycles. The van der Waals surface area contributed by atoms with Gasteiger partial charge in [-0.05, 0) is 13.3 Å². The quantitative estimate of drug-likeness (QED) is 0.759. The van der Waals surface area contributed by atoms with Crippen molar-refractivity contribution in [1.29, 1.82) is 0 Å². The van der Waals surface area contributed by atoms with Gasteiger partial charge in [-0.3, -0.25) is 4.90 Å². The van der Waals surface area contributed by atoms with Crippen LogP contribution in [0.1, 0.15) is 25.8 Å². The molecule has 1 saturated heterocycles. The van der Waals surface area contributed by atoms with E-state index < -0.39 is 0 Å². The Bertz CT molecular complexity index is 421. The average Bonchev–Trinajstić information content (AvgIpc) is 2.51. The summed E-state index contributed by atoms with van der Waals surface area (Å²) >= 11 is 0. The largest absolute Gasteiger partial charge is 0.379 e. The molecule has 2 N–H and O–H groups in total. The highest BCUT2D eigenvalue weighted by atomic mass is 16.5. The van der Waals surface area contributed by atoms with Crippen LogP contribution in [-0.2, 0) is 11.2 Å². The summed E-state index contributed by atoms with van der Waals surface area (Å²) in [7, 11) is 0. The molecule has 0 atom stereocenters. The number of rotatable bonds is 8. The van der Waals surface area contributed by atoms with E-state index in [1.54, 1.807) is 6.33 Å². The number of hydrogen-bond acceptors (Lipinski definition) is 6. The Hall–Kier alpha value is -1.40. The van der Waals surface area contributed by atoms with Crippen LogP contribution >= 0.6 is 0 Å². The second-order valence-electron chi connectivity index (χ2n) is 5.21. The van der Waals surface area contributed by atoms with Gasteiger partial charge in [-0.25, -0.2) is 9.97 Å². The minimum absolute atomic E-state index is 0.846. The van der Waals surface area contributed by atoms with E-state index in [-0.39, 0.29) is 0 Å². The van der Waals surface area contributed by atoms with Crippen LogP contribution in [0.3, 0.4) is 0 Å². The van der Waals surface area contributed by atoms with Crippen LogP contribution in [0, 0.1) is 0 Å². The number of ether oxygens (including phenoxy) is 1. The third-order valence-electron chi connectivity index (χ3n) is 3.61. The van der Waals surface area contributed by atoms with Gasteiger partial charge in [0, 0.05) is 38.3 Å². The van der Waals surface area contributed by atoms with Gasteiger partial charge < -0.3 is 15.4 Å². The van der Waals surface area contributed by atoms with Gasteiger partial charge >= 0.3 is 0 Å². The van der Waals surface area contributed by atoms with Gasteiger partial charge in [0.15, 0.2) is 0 Å². The molecule has 0 aliphatic carbocycles. The lowest BCUT2D eigenvalue weighted by Crippen LogP contribution is -2.39. The van der Waals surface area contributed by atoms with Gasteiger partial charge in [0.2, 0.25) is 0 Å². The molecule has 1 aromatic heterocycles. The third-order valence-corrected chi connectivity index (χ3v) is 3.61. The van der Waals surface area contributed by atoms with Crippen molar-refractivity contribution in [2.24, 2.45) is 0 Å². The van der Waals surface area contributed by atoms with E-state index in [1.165, 1.54) is 5.56 Å². The van der Waals surface area contributed by atoms with Gasteiger partial charge in [-0.15, -0.1) is 0 Å². The maximum Gasteiger partial charge on any atom is 0.134 e. The van der Waals surface area contributed by atoms with E-state index >= 15 is 0 Å². The summed E-state index contributed by atoms with van der Waals surface area (Å²) in [5, 5.41) is 6.79. The Morgan fingerprint density at radius 2 is 1.86 bits per heavy atom. The van der Waals surface area contributed by atoms with Gasteiger partial charge in [0.05, 0.1) is 13.2 Å². The third kappa shape index (κ3) is 4.82. The van der Waals surface area contributed by atoms with Crippen molar-refractivity contribution in [3.8, 4) is 0 Å². The van der Waals surface area contributed by atoms with Crippen LogP contribution in [-0.4, -0.2) is 60.8 Å². The first kappa shape index (κ1) is 16.0. The smallest absolute Gasteiger partial charge is 0.134 e. The van der Waals surface area contributed by atoms with E-state index in [9.17, 15) is 0 Å². The Balaban J connectivity index is 1.92. The lowest BCUT2D eigenvalue weighted by atomic mass is 10.1. The van der Waals surface area contributed by atoms with Crippen LogP contribution in [0.2, 0.25) is 0 Å². The topological polar surface area (TPSA) is 62.3 Å². The zero-order valence-corrected chi connectivity index (χ0v) is 13.2. The molecule has 0 radical (unpaired) electrons. The molecule has 1 fully saturated rings. The highest BCUT2D eigenvalue weighted by Gasteiger charge is 2.12. The fraction of sp³-hybridized carbons (Fsp3) is 0.733. The number of nitrogens with one attached hydrogen (secondary N) is 2. The normalized spacial score (nSPS) is 15.9. The fourth-order valence-electron chi connectivity index (χ4n) is 2.53. The van der Waals surface area contributed by atoms with Crippen molar-refractivity contribution in [3.63, 3.8) is 0 Å². The summed E-state index contributed by atoms with van der Waals surface area (Å²) in [5.74, 6) is 1.93. The average molecular weight is 293 g/mol.